The van der Waals surface area contributed by atoms with Gasteiger partial charge in [0, 0.05) is 53.2 Å². The number of fused-ring (bicyclic) bond motifs is 6. The SMILES string of the molecule is C=S(=O)(O)CCCCN1/C(=C/C=C/C=C/C2=[N+](CCCCS(=O)(=O)O)c3ccc4ccccc4c3C2(C)C)C(C)(C)c2c1ccc1ccccc21. The third-order valence-electron chi connectivity index (χ3n) is 10.4. The van der Waals surface area contributed by atoms with Gasteiger partial charge in [-0.3, -0.25) is 4.55 Å². The Morgan fingerprint density at radius 1 is 0.725 bits per heavy atom. The van der Waals surface area contributed by atoms with Crippen LogP contribution in [0.1, 0.15) is 64.5 Å². The van der Waals surface area contributed by atoms with Gasteiger partial charge in [0.25, 0.3) is 10.1 Å². The number of unbranched alkanes of at least 4 members (excludes halogenated alkanes) is 2. The van der Waals surface area contributed by atoms with Gasteiger partial charge in [0.15, 0.2) is 5.71 Å². The monoisotopic (exact) mass is 725 g/mol. The average Bonchev–Trinajstić information content (AvgIpc) is 3.42. The van der Waals surface area contributed by atoms with E-state index in [1.54, 1.807) is 0 Å². The Morgan fingerprint density at radius 2 is 1.35 bits per heavy atom. The molecule has 7 nitrogen and oxygen atoms in total. The molecule has 1 atom stereocenters. The van der Waals surface area contributed by atoms with E-state index in [1.165, 1.54) is 44.1 Å². The van der Waals surface area contributed by atoms with Gasteiger partial charge >= 0.3 is 0 Å². The summed E-state index contributed by atoms with van der Waals surface area (Å²) in [5, 5.41) is 4.82. The molecule has 0 saturated carbocycles. The number of rotatable bonds is 13. The van der Waals surface area contributed by atoms with Crippen molar-refractivity contribution in [2.75, 3.05) is 29.5 Å². The second-order valence-electron chi connectivity index (χ2n) is 14.8. The van der Waals surface area contributed by atoms with Crippen molar-refractivity contribution in [2.45, 2.75) is 64.2 Å². The normalized spacial score (nSPS) is 18.8. The topological polar surface area (TPSA) is 97.9 Å². The van der Waals surface area contributed by atoms with E-state index >= 15 is 0 Å². The van der Waals surface area contributed by atoms with Gasteiger partial charge in [0.2, 0.25) is 5.69 Å². The highest BCUT2D eigenvalue weighted by Crippen LogP contribution is 2.51. The largest absolute Gasteiger partial charge is 0.344 e. The molecule has 2 heterocycles. The molecule has 9 heteroatoms. The fourth-order valence-corrected chi connectivity index (χ4v) is 9.29. The lowest BCUT2D eigenvalue weighted by Crippen LogP contribution is -2.28. The number of hydrogen-bond acceptors (Lipinski definition) is 4. The Morgan fingerprint density at radius 3 is 2.02 bits per heavy atom. The molecule has 0 amide bonds. The van der Waals surface area contributed by atoms with Crippen LogP contribution in [0.5, 0.6) is 0 Å². The van der Waals surface area contributed by atoms with E-state index in [-0.39, 0.29) is 22.3 Å². The van der Waals surface area contributed by atoms with Crippen molar-refractivity contribution < 1.29 is 26.3 Å². The zero-order chi connectivity index (χ0) is 36.6. The molecule has 1 unspecified atom stereocenters. The van der Waals surface area contributed by atoms with Gasteiger partial charge in [-0.05, 0) is 84.3 Å². The van der Waals surface area contributed by atoms with Crippen molar-refractivity contribution in [3.8, 4) is 0 Å². The molecular formula is C42H49N2O5S2+. The highest BCUT2D eigenvalue weighted by Gasteiger charge is 2.45. The number of hydrogen-bond donors (Lipinski definition) is 2. The predicted octanol–water partition coefficient (Wildman–Crippen LogP) is 8.80. The molecule has 0 bridgehead atoms. The molecule has 268 valence electrons. The summed E-state index contributed by atoms with van der Waals surface area (Å²) >= 11 is 0. The van der Waals surface area contributed by atoms with E-state index in [4.69, 9.17) is 0 Å². The van der Waals surface area contributed by atoms with Crippen molar-refractivity contribution in [3.05, 3.63) is 120 Å². The summed E-state index contributed by atoms with van der Waals surface area (Å²) in [6.07, 6.45) is 13.0. The Hall–Kier alpha value is -4.02. The maximum Gasteiger partial charge on any atom is 0.264 e. The van der Waals surface area contributed by atoms with Crippen molar-refractivity contribution in [1.29, 1.82) is 0 Å². The third kappa shape index (κ3) is 7.63. The van der Waals surface area contributed by atoms with Crippen molar-refractivity contribution in [2.24, 2.45) is 0 Å². The van der Waals surface area contributed by atoms with Gasteiger partial charge < -0.3 is 9.45 Å². The van der Waals surface area contributed by atoms with E-state index in [2.05, 4.69) is 146 Å². The molecule has 2 aliphatic rings. The highest BCUT2D eigenvalue weighted by molar-refractivity contribution is 7.95. The summed E-state index contributed by atoms with van der Waals surface area (Å²) < 4.78 is 56.0. The average molecular weight is 726 g/mol. The summed E-state index contributed by atoms with van der Waals surface area (Å²) in [6.45, 7) is 10.4. The lowest BCUT2D eigenvalue weighted by molar-refractivity contribution is -0.438. The molecule has 0 radical (unpaired) electrons. The second-order valence-corrected chi connectivity index (χ2v) is 18.3. The summed E-state index contributed by atoms with van der Waals surface area (Å²) in [7, 11) is -7.03. The molecule has 0 aromatic heterocycles. The maximum atomic E-state index is 11.8. The minimum Gasteiger partial charge on any atom is -0.344 e. The number of benzene rings is 4. The van der Waals surface area contributed by atoms with Crippen molar-refractivity contribution in [3.63, 3.8) is 0 Å². The Labute approximate surface area is 303 Å². The highest BCUT2D eigenvalue weighted by atomic mass is 32.2. The second kappa shape index (κ2) is 14.2. The van der Waals surface area contributed by atoms with Crippen LogP contribution in [-0.4, -0.2) is 62.5 Å². The lowest BCUT2D eigenvalue weighted by atomic mass is 9.79. The number of nitrogens with zero attached hydrogens (tertiary/aromatic N) is 2. The van der Waals surface area contributed by atoms with Crippen LogP contribution in [0.15, 0.2) is 109 Å². The smallest absolute Gasteiger partial charge is 0.264 e. The molecule has 4 aromatic rings. The summed E-state index contributed by atoms with van der Waals surface area (Å²) in [5.74, 6) is 3.34. The number of allylic oxidation sites excluding steroid dienone is 6. The van der Waals surface area contributed by atoms with Gasteiger partial charge in [-0.15, -0.1) is 0 Å². The standard InChI is InChI=1S/C42H48N2O5S2/c1-41(2)37(43(27-13-15-29-50(5,45)46)35-25-23-31-17-9-11-19-33(31)39(35)41)21-7-6-8-22-38-42(3,4)40-34-20-12-10-18-32(34)24-26-36(40)44(38)28-14-16-30-51(47,48)49/h6-12,17-26H,5,13-16,27-30H2,1-4H3,(H-,45,46,47,48,49)/p+1. The molecule has 0 spiro atoms. The zero-order valence-electron chi connectivity index (χ0n) is 30.0. The first-order valence-electron chi connectivity index (χ1n) is 17.6. The molecule has 0 fully saturated rings. The van der Waals surface area contributed by atoms with E-state index in [0.717, 1.165) is 24.4 Å². The van der Waals surface area contributed by atoms with Crippen LogP contribution in [0.25, 0.3) is 21.5 Å². The Bertz CT molecular complexity index is 2330. The fourth-order valence-electron chi connectivity index (χ4n) is 8.06. The van der Waals surface area contributed by atoms with Gasteiger partial charge in [0.1, 0.15) is 6.54 Å². The molecule has 4 aromatic carbocycles. The minimum atomic E-state index is -4.01. The van der Waals surface area contributed by atoms with Crippen LogP contribution in [0.4, 0.5) is 11.4 Å². The van der Waals surface area contributed by atoms with Crippen LogP contribution < -0.4 is 4.90 Å². The first kappa shape index (κ1) is 36.8. The van der Waals surface area contributed by atoms with E-state index < -0.39 is 19.9 Å². The first-order chi connectivity index (χ1) is 24.1. The van der Waals surface area contributed by atoms with Gasteiger partial charge in [0.05, 0.1) is 21.0 Å². The molecule has 2 N–H and O–H groups in total. The molecule has 0 aliphatic carbocycles. The zero-order valence-corrected chi connectivity index (χ0v) is 31.6. The van der Waals surface area contributed by atoms with Crippen LogP contribution in [0.3, 0.4) is 0 Å². The van der Waals surface area contributed by atoms with Crippen LogP contribution in [0, 0.1) is 0 Å². The van der Waals surface area contributed by atoms with E-state index in [0.29, 0.717) is 25.8 Å². The summed E-state index contributed by atoms with van der Waals surface area (Å²) in [4.78, 5) is 2.36. The quantitative estimate of drug-likeness (QED) is 0.0470. The van der Waals surface area contributed by atoms with Gasteiger partial charge in [-0.2, -0.15) is 13.0 Å². The fraction of sp³-hybridized carbons (Fsp3) is 0.333. The third-order valence-corrected chi connectivity index (χ3v) is 12.1. The molecule has 2 aliphatic heterocycles. The van der Waals surface area contributed by atoms with E-state index in [9.17, 15) is 21.7 Å². The van der Waals surface area contributed by atoms with Crippen LogP contribution in [-0.2, 0) is 30.8 Å². The van der Waals surface area contributed by atoms with Crippen molar-refractivity contribution in [1.82, 2.24) is 0 Å². The number of anilines is 1. The van der Waals surface area contributed by atoms with Crippen LogP contribution in [0.2, 0.25) is 0 Å². The van der Waals surface area contributed by atoms with Crippen molar-refractivity contribution >= 4 is 64.4 Å². The molecular weight excluding hydrogens is 677 g/mol. The first-order valence-corrected chi connectivity index (χ1v) is 21.1. The Balaban J connectivity index is 1.32. The van der Waals surface area contributed by atoms with E-state index in [1.807, 2.05) is 0 Å². The summed E-state index contributed by atoms with van der Waals surface area (Å²) in [5.41, 5.74) is 6.57. The maximum absolute atomic E-state index is 11.8. The van der Waals surface area contributed by atoms with Gasteiger partial charge in [-0.25, -0.2) is 4.21 Å². The molecule has 0 saturated heterocycles. The summed E-state index contributed by atoms with van der Waals surface area (Å²) in [6, 6.07) is 25.6. The van der Waals surface area contributed by atoms with Crippen LogP contribution >= 0.6 is 0 Å². The molecule has 51 heavy (non-hydrogen) atoms. The Kier molecular flexibility index (Phi) is 10.2. The minimum absolute atomic E-state index is 0.185. The molecule has 6 rings (SSSR count). The predicted molar refractivity (Wildman–Crippen MR) is 215 cm³/mol. The lowest BCUT2D eigenvalue weighted by Gasteiger charge is -2.27. The van der Waals surface area contributed by atoms with Gasteiger partial charge in [-0.1, -0.05) is 86.7 Å².